The van der Waals surface area contributed by atoms with Crippen LogP contribution in [-0.2, 0) is 27.8 Å². The number of carbonyl (C=O) groups excluding carboxylic acids is 1. The van der Waals surface area contributed by atoms with E-state index in [9.17, 15) is 4.79 Å². The van der Waals surface area contributed by atoms with Crippen molar-refractivity contribution in [2.45, 2.75) is 102 Å². The van der Waals surface area contributed by atoms with Crippen molar-refractivity contribution in [2.24, 2.45) is 0 Å². The number of nitrogens with zero attached hydrogens (tertiary/aromatic N) is 2. The Kier molecular flexibility index (Phi) is 10.7. The molecule has 0 radical (unpaired) electrons. The van der Waals surface area contributed by atoms with Crippen molar-refractivity contribution < 1.29 is 9.53 Å². The Morgan fingerprint density at radius 1 is 1.03 bits per heavy atom. The number of carbonyl (C=O) groups is 1. The molecule has 0 amide bonds. The first-order chi connectivity index (χ1) is 16.9. The molecule has 2 aromatic rings. The highest BCUT2D eigenvalue weighted by molar-refractivity contribution is 7.99. The maximum atomic E-state index is 11.4. The summed E-state index contributed by atoms with van der Waals surface area (Å²) >= 11 is 1.99. The Morgan fingerprint density at radius 2 is 1.86 bits per heavy atom. The summed E-state index contributed by atoms with van der Waals surface area (Å²) in [6, 6.07) is 4.75. The van der Waals surface area contributed by atoms with Gasteiger partial charge in [0, 0.05) is 23.1 Å². The van der Waals surface area contributed by atoms with Crippen molar-refractivity contribution in [3.8, 4) is 11.8 Å². The minimum atomic E-state index is -0.127. The fourth-order valence-electron chi connectivity index (χ4n) is 4.37. The molecule has 0 aliphatic carbocycles. The second kappa shape index (κ2) is 13.7. The van der Waals surface area contributed by atoms with E-state index in [0.717, 1.165) is 36.9 Å². The van der Waals surface area contributed by atoms with Crippen LogP contribution in [0, 0.1) is 11.8 Å². The minimum absolute atomic E-state index is 0.127. The molecule has 0 unspecified atom stereocenters. The largest absolute Gasteiger partial charge is 0.466 e. The molecule has 0 bridgehead atoms. The number of ether oxygens (including phenoxy) is 1. The van der Waals surface area contributed by atoms with Gasteiger partial charge in [-0.05, 0) is 85.8 Å². The molecule has 2 heterocycles. The third-order valence-electron chi connectivity index (χ3n) is 6.62. The van der Waals surface area contributed by atoms with E-state index in [1.54, 1.807) is 6.20 Å². The van der Waals surface area contributed by atoms with Crippen LogP contribution in [-0.4, -0.2) is 28.3 Å². The van der Waals surface area contributed by atoms with E-state index in [4.69, 9.17) is 4.74 Å². The van der Waals surface area contributed by atoms with Crippen molar-refractivity contribution in [1.29, 1.82) is 0 Å². The van der Waals surface area contributed by atoms with Crippen molar-refractivity contribution in [2.75, 3.05) is 12.4 Å². The van der Waals surface area contributed by atoms with Gasteiger partial charge in [0.15, 0.2) is 0 Å². The third kappa shape index (κ3) is 8.39. The zero-order valence-electron chi connectivity index (χ0n) is 21.9. The van der Waals surface area contributed by atoms with Gasteiger partial charge in [0.25, 0.3) is 0 Å². The number of aryl methyl sites for hydroxylation is 2. The number of aromatic nitrogens is 2. The Bertz CT molecular complexity index is 1030. The van der Waals surface area contributed by atoms with E-state index in [1.165, 1.54) is 53.9 Å². The summed E-state index contributed by atoms with van der Waals surface area (Å²) < 4.78 is 4.97. The van der Waals surface area contributed by atoms with Crippen molar-refractivity contribution in [3.63, 3.8) is 0 Å². The highest BCUT2D eigenvalue weighted by Gasteiger charge is 2.28. The molecule has 0 spiro atoms. The van der Waals surface area contributed by atoms with E-state index >= 15 is 0 Å². The van der Waals surface area contributed by atoms with Gasteiger partial charge in [-0.1, -0.05) is 46.0 Å². The number of thioether (sulfide) groups is 1. The highest BCUT2D eigenvalue weighted by Crippen LogP contribution is 2.42. The van der Waals surface area contributed by atoms with Gasteiger partial charge in [0.1, 0.15) is 5.69 Å². The molecule has 1 aliphatic rings. The normalized spacial score (nSPS) is 14.1. The molecular formula is C30H40N2O2S. The summed E-state index contributed by atoms with van der Waals surface area (Å²) in [6.07, 6.45) is 13.8. The summed E-state index contributed by atoms with van der Waals surface area (Å²) in [5.74, 6) is 7.77. The molecule has 0 atom stereocenters. The van der Waals surface area contributed by atoms with Gasteiger partial charge >= 0.3 is 5.97 Å². The molecule has 1 aromatic heterocycles. The molecule has 1 aliphatic heterocycles. The Hall–Kier alpha value is -2.32. The average molecular weight is 493 g/mol. The maximum Gasteiger partial charge on any atom is 0.305 e. The predicted octanol–water partition coefficient (Wildman–Crippen LogP) is 7.05. The van der Waals surface area contributed by atoms with Crippen molar-refractivity contribution in [3.05, 3.63) is 52.6 Å². The van der Waals surface area contributed by atoms with E-state index in [2.05, 4.69) is 54.7 Å². The van der Waals surface area contributed by atoms with Crippen molar-refractivity contribution >= 4 is 17.7 Å². The molecule has 3 rings (SSSR count). The van der Waals surface area contributed by atoms with E-state index in [1.807, 2.05) is 24.9 Å². The van der Waals surface area contributed by atoms with Crippen LogP contribution in [0.2, 0.25) is 0 Å². The molecular weight excluding hydrogens is 452 g/mol. The van der Waals surface area contributed by atoms with Gasteiger partial charge in [0.05, 0.1) is 18.5 Å². The summed E-state index contributed by atoms with van der Waals surface area (Å²) in [6.45, 7) is 9.22. The molecule has 4 nitrogen and oxygen atoms in total. The highest BCUT2D eigenvalue weighted by atomic mass is 32.2. The van der Waals surface area contributed by atoms with Crippen LogP contribution in [0.15, 0.2) is 29.4 Å². The number of benzene rings is 1. The van der Waals surface area contributed by atoms with E-state index in [0.29, 0.717) is 18.7 Å². The Balaban J connectivity index is 1.70. The average Bonchev–Trinajstić information content (AvgIpc) is 2.84. The van der Waals surface area contributed by atoms with Crippen LogP contribution in [0.25, 0.3) is 0 Å². The standard InChI is InChI=1S/C30H40N2O2S/c1-5-7-8-9-12-23-20-28-27(30(3,4)17-18-35-28)19-24(23)15-16-26-22-31-25(21-32-26)13-10-11-14-29(33)34-6-2/h19-22H,5-14,17-18H2,1-4H3. The van der Waals surface area contributed by atoms with Crippen LogP contribution in [0.1, 0.15) is 107 Å². The number of unbranched alkanes of at least 4 members (excludes halogenated alkanes) is 4. The molecule has 1 aromatic carbocycles. The van der Waals surface area contributed by atoms with Gasteiger partial charge < -0.3 is 4.74 Å². The van der Waals surface area contributed by atoms with Crippen LogP contribution in [0.3, 0.4) is 0 Å². The lowest BCUT2D eigenvalue weighted by Gasteiger charge is -2.32. The third-order valence-corrected chi connectivity index (χ3v) is 7.68. The van der Waals surface area contributed by atoms with Crippen LogP contribution in [0.5, 0.6) is 0 Å². The number of fused-ring (bicyclic) bond motifs is 1. The molecule has 35 heavy (non-hydrogen) atoms. The van der Waals surface area contributed by atoms with Crippen LogP contribution < -0.4 is 0 Å². The molecule has 188 valence electrons. The first kappa shape index (κ1) is 27.3. The second-order valence-corrected chi connectivity index (χ2v) is 11.1. The lowest BCUT2D eigenvalue weighted by Crippen LogP contribution is -2.23. The first-order valence-corrected chi connectivity index (χ1v) is 14.2. The summed E-state index contributed by atoms with van der Waals surface area (Å²) in [5, 5.41) is 0. The lowest BCUT2D eigenvalue weighted by molar-refractivity contribution is -0.143. The Labute approximate surface area is 216 Å². The molecule has 5 heteroatoms. The predicted molar refractivity (Wildman–Crippen MR) is 145 cm³/mol. The van der Waals surface area contributed by atoms with Crippen molar-refractivity contribution in [1.82, 2.24) is 9.97 Å². The number of hydrogen-bond donors (Lipinski definition) is 0. The smallest absolute Gasteiger partial charge is 0.305 e. The fraction of sp³-hybridized carbons (Fsp3) is 0.567. The van der Waals surface area contributed by atoms with Gasteiger partial charge in [-0.3, -0.25) is 9.78 Å². The fourth-order valence-corrected chi connectivity index (χ4v) is 5.92. The monoisotopic (exact) mass is 492 g/mol. The Morgan fingerprint density at radius 3 is 2.60 bits per heavy atom. The summed E-state index contributed by atoms with van der Waals surface area (Å²) in [7, 11) is 0. The molecule has 0 fully saturated rings. The summed E-state index contributed by atoms with van der Waals surface area (Å²) in [5.41, 5.74) is 5.75. The molecule has 0 N–H and O–H groups in total. The number of esters is 1. The first-order valence-electron chi connectivity index (χ1n) is 13.2. The minimum Gasteiger partial charge on any atom is -0.466 e. The van der Waals surface area contributed by atoms with E-state index < -0.39 is 0 Å². The quantitative estimate of drug-likeness (QED) is 0.191. The van der Waals surface area contributed by atoms with E-state index in [-0.39, 0.29) is 11.4 Å². The zero-order valence-corrected chi connectivity index (χ0v) is 22.7. The van der Waals surface area contributed by atoms with Crippen LogP contribution in [0.4, 0.5) is 0 Å². The number of hydrogen-bond acceptors (Lipinski definition) is 5. The summed E-state index contributed by atoms with van der Waals surface area (Å²) in [4.78, 5) is 22.0. The van der Waals surface area contributed by atoms with Gasteiger partial charge in [0.2, 0.25) is 0 Å². The van der Waals surface area contributed by atoms with Gasteiger partial charge in [-0.25, -0.2) is 4.98 Å². The molecule has 0 saturated carbocycles. The maximum absolute atomic E-state index is 11.4. The lowest BCUT2D eigenvalue weighted by atomic mass is 9.80. The SMILES string of the molecule is CCCCCCc1cc2c(cc1C#Cc1cnc(CCCCC(=O)OCC)cn1)C(C)(C)CCS2. The van der Waals surface area contributed by atoms with Gasteiger partial charge in [-0.2, -0.15) is 0 Å². The zero-order chi connectivity index (χ0) is 25.1. The van der Waals surface area contributed by atoms with Crippen LogP contribution >= 0.6 is 11.8 Å². The molecule has 0 saturated heterocycles. The second-order valence-electron chi connectivity index (χ2n) is 9.95. The van der Waals surface area contributed by atoms with Gasteiger partial charge in [-0.15, -0.1) is 11.8 Å². The topological polar surface area (TPSA) is 52.1 Å². The number of rotatable bonds is 11.